The summed E-state index contributed by atoms with van der Waals surface area (Å²) in [4.78, 5) is 12.6. The first-order valence-electron chi connectivity index (χ1n) is 4.31. The number of nitrogens with zero attached hydrogens (tertiary/aromatic N) is 1. The van der Waals surface area contributed by atoms with Crippen LogP contribution in [0, 0.1) is 0 Å². The van der Waals surface area contributed by atoms with Gasteiger partial charge in [0.2, 0.25) is 5.91 Å². The van der Waals surface area contributed by atoms with Crippen LogP contribution in [-0.4, -0.2) is 37.0 Å². The van der Waals surface area contributed by atoms with Crippen molar-refractivity contribution in [3.05, 3.63) is 0 Å². The van der Waals surface area contributed by atoms with Crippen LogP contribution in [0.2, 0.25) is 0 Å². The summed E-state index contributed by atoms with van der Waals surface area (Å²) >= 11 is 0. The average molecular weight is 173 g/mol. The topological polar surface area (TPSA) is 72.3 Å². The van der Waals surface area contributed by atoms with Crippen LogP contribution in [-0.2, 0) is 4.79 Å². The number of unbranched alkanes of at least 4 members (excludes halogenated alkanes) is 1. The molecular formula is C8H19N3O. The molecule has 1 atom stereocenters. The number of hydrogen-bond acceptors (Lipinski definition) is 3. The minimum absolute atomic E-state index is 0.432. The molecule has 0 heterocycles. The van der Waals surface area contributed by atoms with Crippen LogP contribution >= 0.6 is 0 Å². The monoisotopic (exact) mass is 173 g/mol. The van der Waals surface area contributed by atoms with E-state index in [2.05, 4.69) is 6.92 Å². The van der Waals surface area contributed by atoms with Gasteiger partial charge in [-0.2, -0.15) is 0 Å². The minimum atomic E-state index is -0.535. The van der Waals surface area contributed by atoms with Crippen LogP contribution in [0.25, 0.3) is 0 Å². The lowest BCUT2D eigenvalue weighted by Crippen LogP contribution is -2.45. The van der Waals surface area contributed by atoms with Crippen molar-refractivity contribution in [2.45, 2.75) is 25.8 Å². The van der Waals surface area contributed by atoms with Gasteiger partial charge in [0, 0.05) is 6.54 Å². The van der Waals surface area contributed by atoms with Gasteiger partial charge in [0.15, 0.2) is 0 Å². The van der Waals surface area contributed by atoms with Crippen molar-refractivity contribution in [1.82, 2.24) is 4.90 Å². The van der Waals surface area contributed by atoms with Crippen LogP contribution in [0.1, 0.15) is 19.8 Å². The van der Waals surface area contributed by atoms with Gasteiger partial charge in [-0.25, -0.2) is 0 Å². The van der Waals surface area contributed by atoms with Gasteiger partial charge in [0.05, 0.1) is 6.04 Å². The Morgan fingerprint density at radius 3 is 2.58 bits per heavy atom. The molecule has 12 heavy (non-hydrogen) atoms. The number of hydrogen-bond donors (Lipinski definition) is 2. The molecule has 4 nitrogen and oxygen atoms in total. The first kappa shape index (κ1) is 11.4. The van der Waals surface area contributed by atoms with Gasteiger partial charge < -0.3 is 16.4 Å². The number of nitrogens with two attached hydrogens (primary N) is 2. The summed E-state index contributed by atoms with van der Waals surface area (Å²) in [5.74, 6) is -0.432. The second-order valence-electron chi connectivity index (χ2n) is 3.12. The second kappa shape index (κ2) is 5.97. The van der Waals surface area contributed by atoms with E-state index >= 15 is 0 Å². The molecule has 0 aliphatic carbocycles. The third-order valence-electron chi connectivity index (χ3n) is 1.77. The summed E-state index contributed by atoms with van der Waals surface area (Å²) in [7, 11) is 1.94. The summed E-state index contributed by atoms with van der Waals surface area (Å²) in [6.45, 7) is 3.65. The molecule has 4 heteroatoms. The van der Waals surface area contributed by atoms with E-state index in [1.165, 1.54) is 0 Å². The Morgan fingerprint density at radius 1 is 1.58 bits per heavy atom. The molecule has 72 valence electrons. The largest absolute Gasteiger partial charge is 0.368 e. The van der Waals surface area contributed by atoms with Gasteiger partial charge in [0.25, 0.3) is 0 Å². The molecule has 0 aliphatic rings. The highest BCUT2D eigenvalue weighted by atomic mass is 16.1. The molecule has 4 N–H and O–H groups in total. The molecule has 0 saturated heterocycles. The average Bonchev–Trinajstić information content (AvgIpc) is 2.00. The predicted octanol–water partition coefficient (Wildman–Crippen LogP) is -0.469. The van der Waals surface area contributed by atoms with Crippen LogP contribution in [0.5, 0.6) is 0 Å². The zero-order valence-corrected chi connectivity index (χ0v) is 7.92. The summed E-state index contributed by atoms with van der Waals surface area (Å²) in [5, 5.41) is 0. The number of rotatable bonds is 6. The zero-order chi connectivity index (χ0) is 9.56. The minimum Gasteiger partial charge on any atom is -0.368 e. The number of likely N-dealkylation sites (N-methyl/N-ethyl adjacent to an activating group) is 1. The van der Waals surface area contributed by atoms with Gasteiger partial charge in [0.1, 0.15) is 0 Å². The smallest absolute Gasteiger partial charge is 0.235 e. The summed E-state index contributed by atoms with van der Waals surface area (Å²) in [5.41, 5.74) is 10.5. The van der Waals surface area contributed by atoms with Crippen molar-refractivity contribution >= 4 is 5.91 Å². The molecule has 0 spiro atoms. The zero-order valence-electron chi connectivity index (χ0n) is 7.92. The second-order valence-corrected chi connectivity index (χ2v) is 3.12. The molecule has 1 amide bonds. The molecule has 0 aliphatic heterocycles. The van der Waals surface area contributed by atoms with Gasteiger partial charge in [-0.1, -0.05) is 13.3 Å². The third kappa shape index (κ3) is 5.09. The molecule has 0 bridgehead atoms. The normalized spacial score (nSPS) is 13.3. The van der Waals surface area contributed by atoms with Crippen molar-refractivity contribution in [1.29, 1.82) is 0 Å². The fraction of sp³-hybridized carbons (Fsp3) is 0.875. The number of amides is 1. The molecule has 0 radical (unpaired) electrons. The molecule has 1 unspecified atom stereocenters. The van der Waals surface area contributed by atoms with Gasteiger partial charge >= 0.3 is 0 Å². The summed E-state index contributed by atoms with van der Waals surface area (Å²) in [6, 6.07) is -0.535. The first-order valence-corrected chi connectivity index (χ1v) is 4.31. The Morgan fingerprint density at radius 2 is 2.17 bits per heavy atom. The SMILES string of the molecule is CCCCN(C)CC(N)C(N)=O. The summed E-state index contributed by atoms with van der Waals surface area (Å²) < 4.78 is 0. The maximum atomic E-state index is 10.6. The van der Waals surface area contributed by atoms with E-state index in [0.29, 0.717) is 6.54 Å². The Balaban J connectivity index is 3.53. The van der Waals surface area contributed by atoms with Crippen molar-refractivity contribution in [2.75, 3.05) is 20.1 Å². The quantitative estimate of drug-likeness (QED) is 0.570. The van der Waals surface area contributed by atoms with E-state index in [1.807, 2.05) is 11.9 Å². The van der Waals surface area contributed by atoms with Crippen LogP contribution < -0.4 is 11.5 Å². The standard InChI is InChI=1S/C8H19N3O/c1-3-4-5-11(2)6-7(9)8(10)12/h7H,3-6,9H2,1-2H3,(H2,10,12). The van der Waals surface area contributed by atoms with E-state index in [-0.39, 0.29) is 0 Å². The van der Waals surface area contributed by atoms with Crippen molar-refractivity contribution in [3.8, 4) is 0 Å². The molecule has 0 aromatic carbocycles. The summed E-state index contributed by atoms with van der Waals surface area (Å²) in [6.07, 6.45) is 2.28. The number of primary amides is 1. The lowest BCUT2D eigenvalue weighted by Gasteiger charge is -2.18. The molecule has 0 aromatic heterocycles. The van der Waals surface area contributed by atoms with E-state index in [9.17, 15) is 4.79 Å². The van der Waals surface area contributed by atoms with Crippen molar-refractivity contribution in [3.63, 3.8) is 0 Å². The van der Waals surface area contributed by atoms with Gasteiger partial charge in [-0.05, 0) is 20.0 Å². The van der Waals surface area contributed by atoms with Crippen molar-refractivity contribution in [2.24, 2.45) is 11.5 Å². The Bertz CT molecular complexity index is 138. The fourth-order valence-electron chi connectivity index (χ4n) is 0.945. The lowest BCUT2D eigenvalue weighted by molar-refractivity contribution is -0.119. The van der Waals surface area contributed by atoms with E-state index in [1.54, 1.807) is 0 Å². The number of carbonyl (C=O) groups excluding carboxylic acids is 1. The maximum absolute atomic E-state index is 10.6. The van der Waals surface area contributed by atoms with E-state index in [4.69, 9.17) is 11.5 Å². The van der Waals surface area contributed by atoms with Crippen molar-refractivity contribution < 1.29 is 4.79 Å². The first-order chi connectivity index (χ1) is 5.57. The Hall–Kier alpha value is -0.610. The molecule has 0 saturated carbocycles. The highest BCUT2D eigenvalue weighted by molar-refractivity contribution is 5.79. The van der Waals surface area contributed by atoms with Crippen LogP contribution in [0.15, 0.2) is 0 Å². The molecular weight excluding hydrogens is 154 g/mol. The maximum Gasteiger partial charge on any atom is 0.235 e. The third-order valence-corrected chi connectivity index (χ3v) is 1.77. The molecule has 0 aromatic rings. The molecule has 0 rings (SSSR count). The van der Waals surface area contributed by atoms with Gasteiger partial charge in [-0.15, -0.1) is 0 Å². The highest BCUT2D eigenvalue weighted by Crippen LogP contribution is 1.92. The van der Waals surface area contributed by atoms with Crippen LogP contribution in [0.3, 0.4) is 0 Å². The van der Waals surface area contributed by atoms with E-state index in [0.717, 1.165) is 19.4 Å². The van der Waals surface area contributed by atoms with Gasteiger partial charge in [-0.3, -0.25) is 4.79 Å². The Kier molecular flexibility index (Phi) is 5.66. The predicted molar refractivity (Wildman–Crippen MR) is 49.6 cm³/mol. The lowest BCUT2D eigenvalue weighted by atomic mass is 10.2. The number of carbonyl (C=O) groups is 1. The van der Waals surface area contributed by atoms with E-state index < -0.39 is 11.9 Å². The molecule has 0 fully saturated rings. The Labute approximate surface area is 73.9 Å². The van der Waals surface area contributed by atoms with Crippen LogP contribution in [0.4, 0.5) is 0 Å². The fourth-order valence-corrected chi connectivity index (χ4v) is 0.945. The highest BCUT2D eigenvalue weighted by Gasteiger charge is 2.10.